The first-order valence-corrected chi connectivity index (χ1v) is 4.64. The fraction of sp³-hybridized carbons (Fsp3) is 0.778. The Morgan fingerprint density at radius 2 is 2.21 bits per heavy atom. The van der Waals surface area contributed by atoms with Crippen LogP contribution < -0.4 is 5.73 Å². The average Bonchev–Trinajstić information content (AvgIpc) is 2.53. The van der Waals surface area contributed by atoms with Gasteiger partial charge < -0.3 is 15.0 Å². The van der Waals surface area contributed by atoms with Crippen LogP contribution in [0.15, 0.2) is 4.52 Å². The summed E-state index contributed by atoms with van der Waals surface area (Å²) >= 11 is 0. The molecule has 0 amide bonds. The summed E-state index contributed by atoms with van der Waals surface area (Å²) < 4.78 is 10.3. The molecule has 2 N–H and O–H groups in total. The van der Waals surface area contributed by atoms with E-state index in [9.17, 15) is 0 Å². The lowest BCUT2D eigenvalue weighted by Crippen LogP contribution is -2.25. The SMILES string of the molecule is COC(C)(C)Cc1nc(CCN)no1. The Bertz CT molecular complexity index is 283. The molecule has 1 rings (SSSR count). The second-order valence-electron chi connectivity index (χ2n) is 3.78. The van der Waals surface area contributed by atoms with E-state index in [2.05, 4.69) is 10.1 Å². The van der Waals surface area contributed by atoms with Crippen molar-refractivity contribution >= 4 is 0 Å². The largest absolute Gasteiger partial charge is 0.378 e. The van der Waals surface area contributed by atoms with E-state index in [-0.39, 0.29) is 5.60 Å². The zero-order chi connectivity index (χ0) is 10.6. The molecule has 5 heteroatoms. The number of hydrogen-bond acceptors (Lipinski definition) is 5. The van der Waals surface area contributed by atoms with Crippen LogP contribution in [-0.4, -0.2) is 29.4 Å². The quantitative estimate of drug-likeness (QED) is 0.749. The molecule has 0 fully saturated rings. The van der Waals surface area contributed by atoms with Gasteiger partial charge in [0.05, 0.1) is 12.0 Å². The zero-order valence-electron chi connectivity index (χ0n) is 8.91. The summed E-state index contributed by atoms with van der Waals surface area (Å²) in [6, 6.07) is 0. The van der Waals surface area contributed by atoms with Crippen molar-refractivity contribution in [3.63, 3.8) is 0 Å². The van der Waals surface area contributed by atoms with Gasteiger partial charge in [-0.05, 0) is 20.4 Å². The lowest BCUT2D eigenvalue weighted by Gasteiger charge is -2.19. The number of nitrogens with two attached hydrogens (primary N) is 1. The molecule has 80 valence electrons. The van der Waals surface area contributed by atoms with Crippen LogP contribution in [-0.2, 0) is 17.6 Å². The molecule has 0 unspecified atom stereocenters. The van der Waals surface area contributed by atoms with Gasteiger partial charge in [-0.15, -0.1) is 0 Å². The first-order chi connectivity index (χ1) is 6.57. The molecule has 0 atom stereocenters. The van der Waals surface area contributed by atoms with Gasteiger partial charge in [-0.3, -0.25) is 0 Å². The van der Waals surface area contributed by atoms with E-state index < -0.39 is 0 Å². The Balaban J connectivity index is 2.59. The van der Waals surface area contributed by atoms with E-state index in [1.54, 1.807) is 7.11 Å². The molecule has 1 heterocycles. The average molecular weight is 199 g/mol. The Labute approximate surface area is 83.6 Å². The van der Waals surface area contributed by atoms with Gasteiger partial charge in [0.2, 0.25) is 5.89 Å². The molecule has 0 bridgehead atoms. The van der Waals surface area contributed by atoms with Crippen molar-refractivity contribution in [1.29, 1.82) is 0 Å². The summed E-state index contributed by atoms with van der Waals surface area (Å²) in [5.41, 5.74) is 5.11. The topological polar surface area (TPSA) is 74.2 Å². The Morgan fingerprint density at radius 1 is 1.50 bits per heavy atom. The number of aromatic nitrogens is 2. The number of methoxy groups -OCH3 is 1. The summed E-state index contributed by atoms with van der Waals surface area (Å²) in [5, 5.41) is 3.80. The second kappa shape index (κ2) is 4.52. The minimum Gasteiger partial charge on any atom is -0.378 e. The summed E-state index contributed by atoms with van der Waals surface area (Å²) in [6.45, 7) is 4.48. The molecule has 0 saturated heterocycles. The van der Waals surface area contributed by atoms with Gasteiger partial charge in [0.15, 0.2) is 5.82 Å². The molecular formula is C9H17N3O2. The van der Waals surface area contributed by atoms with E-state index >= 15 is 0 Å². The van der Waals surface area contributed by atoms with Crippen molar-refractivity contribution in [2.75, 3.05) is 13.7 Å². The van der Waals surface area contributed by atoms with Gasteiger partial charge in [-0.1, -0.05) is 5.16 Å². The molecule has 0 aromatic carbocycles. The van der Waals surface area contributed by atoms with Gasteiger partial charge in [-0.25, -0.2) is 0 Å². The lowest BCUT2D eigenvalue weighted by atomic mass is 10.1. The third-order valence-electron chi connectivity index (χ3n) is 2.01. The van der Waals surface area contributed by atoms with Crippen molar-refractivity contribution < 1.29 is 9.26 Å². The van der Waals surface area contributed by atoms with Gasteiger partial charge in [0.1, 0.15) is 0 Å². The monoisotopic (exact) mass is 199 g/mol. The van der Waals surface area contributed by atoms with Crippen molar-refractivity contribution in [3.05, 3.63) is 11.7 Å². The highest BCUT2D eigenvalue weighted by atomic mass is 16.5. The molecule has 0 aliphatic heterocycles. The highest BCUT2D eigenvalue weighted by Crippen LogP contribution is 2.14. The Hall–Kier alpha value is -0.940. The lowest BCUT2D eigenvalue weighted by molar-refractivity contribution is 0.0170. The fourth-order valence-corrected chi connectivity index (χ4v) is 1.03. The highest BCUT2D eigenvalue weighted by molar-refractivity contribution is 4.91. The Kier molecular flexibility index (Phi) is 3.60. The van der Waals surface area contributed by atoms with Crippen LogP contribution in [0, 0.1) is 0 Å². The van der Waals surface area contributed by atoms with Gasteiger partial charge in [0.25, 0.3) is 0 Å². The van der Waals surface area contributed by atoms with E-state index in [1.807, 2.05) is 13.8 Å². The number of nitrogens with zero attached hydrogens (tertiary/aromatic N) is 2. The third kappa shape index (κ3) is 3.08. The van der Waals surface area contributed by atoms with Gasteiger partial charge in [0, 0.05) is 13.5 Å². The molecule has 0 aliphatic rings. The van der Waals surface area contributed by atoms with E-state index in [1.165, 1.54) is 0 Å². The summed E-state index contributed by atoms with van der Waals surface area (Å²) in [7, 11) is 1.66. The third-order valence-corrected chi connectivity index (χ3v) is 2.01. The normalized spacial score (nSPS) is 12.0. The molecule has 0 aliphatic carbocycles. The standard InChI is InChI=1S/C9H17N3O2/c1-9(2,13-3)6-8-11-7(4-5-10)12-14-8/h4-6,10H2,1-3H3. The predicted octanol–water partition coefficient (Wildman–Crippen LogP) is 0.538. The van der Waals surface area contributed by atoms with Crippen LogP contribution in [0.2, 0.25) is 0 Å². The minimum atomic E-state index is -0.271. The van der Waals surface area contributed by atoms with E-state index in [4.69, 9.17) is 15.0 Å². The number of hydrogen-bond donors (Lipinski definition) is 1. The second-order valence-corrected chi connectivity index (χ2v) is 3.78. The molecule has 1 aromatic rings. The van der Waals surface area contributed by atoms with Crippen LogP contribution >= 0.6 is 0 Å². The van der Waals surface area contributed by atoms with Crippen LogP contribution in [0.5, 0.6) is 0 Å². The maximum absolute atomic E-state index is 5.38. The van der Waals surface area contributed by atoms with Crippen LogP contribution in [0.4, 0.5) is 0 Å². The summed E-state index contributed by atoms with van der Waals surface area (Å²) in [4.78, 5) is 4.20. The zero-order valence-corrected chi connectivity index (χ0v) is 8.91. The molecule has 1 aromatic heterocycles. The number of rotatable bonds is 5. The molecule has 0 spiro atoms. The fourth-order valence-electron chi connectivity index (χ4n) is 1.03. The van der Waals surface area contributed by atoms with Crippen LogP contribution in [0.1, 0.15) is 25.6 Å². The molecular weight excluding hydrogens is 182 g/mol. The maximum atomic E-state index is 5.38. The first kappa shape index (κ1) is 11.1. The van der Waals surface area contributed by atoms with Crippen molar-refractivity contribution in [2.45, 2.75) is 32.3 Å². The van der Waals surface area contributed by atoms with Crippen LogP contribution in [0.25, 0.3) is 0 Å². The highest BCUT2D eigenvalue weighted by Gasteiger charge is 2.21. The van der Waals surface area contributed by atoms with E-state index in [0.29, 0.717) is 31.1 Å². The van der Waals surface area contributed by atoms with Crippen molar-refractivity contribution in [1.82, 2.24) is 10.1 Å². The Morgan fingerprint density at radius 3 is 2.79 bits per heavy atom. The summed E-state index contributed by atoms with van der Waals surface area (Å²) in [5.74, 6) is 1.26. The van der Waals surface area contributed by atoms with Gasteiger partial charge >= 0.3 is 0 Å². The van der Waals surface area contributed by atoms with E-state index in [0.717, 1.165) is 0 Å². The van der Waals surface area contributed by atoms with Gasteiger partial charge in [-0.2, -0.15) is 4.98 Å². The van der Waals surface area contributed by atoms with Crippen molar-refractivity contribution in [2.24, 2.45) is 5.73 Å². The minimum absolute atomic E-state index is 0.271. The first-order valence-electron chi connectivity index (χ1n) is 4.64. The smallest absolute Gasteiger partial charge is 0.229 e. The van der Waals surface area contributed by atoms with Crippen molar-refractivity contribution in [3.8, 4) is 0 Å². The predicted molar refractivity (Wildman–Crippen MR) is 51.8 cm³/mol. The summed E-state index contributed by atoms with van der Waals surface area (Å²) in [6.07, 6.45) is 1.26. The molecule has 0 radical (unpaired) electrons. The van der Waals surface area contributed by atoms with Crippen LogP contribution in [0.3, 0.4) is 0 Å². The maximum Gasteiger partial charge on any atom is 0.229 e. The number of ether oxygens (including phenoxy) is 1. The molecule has 0 saturated carbocycles. The molecule has 14 heavy (non-hydrogen) atoms. The molecule has 5 nitrogen and oxygen atoms in total.